The van der Waals surface area contributed by atoms with E-state index in [0.29, 0.717) is 25.0 Å². The zero-order valence-electron chi connectivity index (χ0n) is 16.0. The molecule has 0 saturated carbocycles. The van der Waals surface area contributed by atoms with Gasteiger partial charge in [-0.05, 0) is 54.4 Å². The first-order chi connectivity index (χ1) is 11.5. The van der Waals surface area contributed by atoms with Gasteiger partial charge in [0.05, 0.1) is 12.1 Å². The molecule has 0 aliphatic carbocycles. The topological polar surface area (TPSA) is 93.7 Å². The third-order valence-electron chi connectivity index (χ3n) is 3.52. The minimum Gasteiger partial charge on any atom is -0.460 e. The SMILES string of the molecule is CC(=C[C@H](CC1CCNC1=O)NC(=O)OC(C)(C)C)C(=O)OC(C)C. The number of esters is 1. The van der Waals surface area contributed by atoms with Crippen molar-refractivity contribution in [3.63, 3.8) is 0 Å². The standard InChI is InChI=1S/C18H30N2O5/c1-11(2)24-16(22)12(3)9-14(10-13-7-8-19-15(13)21)20-17(23)25-18(4,5)6/h9,11,13-14H,7-8,10H2,1-6H3,(H,19,21)(H,20,23)/t13?,14-/m1/s1. The van der Waals surface area contributed by atoms with Crippen LogP contribution in [-0.4, -0.2) is 42.3 Å². The van der Waals surface area contributed by atoms with Crippen LogP contribution in [0.15, 0.2) is 11.6 Å². The first-order valence-corrected chi connectivity index (χ1v) is 8.64. The largest absolute Gasteiger partial charge is 0.460 e. The second kappa shape index (κ2) is 8.87. The van der Waals surface area contributed by atoms with Crippen LogP contribution in [0.3, 0.4) is 0 Å². The number of amides is 2. The van der Waals surface area contributed by atoms with Gasteiger partial charge in [0.25, 0.3) is 0 Å². The highest BCUT2D eigenvalue weighted by atomic mass is 16.6. The molecular weight excluding hydrogens is 324 g/mol. The van der Waals surface area contributed by atoms with E-state index in [1.165, 1.54) is 0 Å². The van der Waals surface area contributed by atoms with Crippen LogP contribution in [0.5, 0.6) is 0 Å². The number of hydrogen-bond donors (Lipinski definition) is 2. The van der Waals surface area contributed by atoms with E-state index in [4.69, 9.17) is 9.47 Å². The number of nitrogens with one attached hydrogen (secondary N) is 2. The first-order valence-electron chi connectivity index (χ1n) is 8.64. The molecule has 25 heavy (non-hydrogen) atoms. The van der Waals surface area contributed by atoms with Gasteiger partial charge < -0.3 is 20.1 Å². The third-order valence-corrected chi connectivity index (χ3v) is 3.52. The summed E-state index contributed by atoms with van der Waals surface area (Å²) >= 11 is 0. The molecule has 7 heteroatoms. The lowest BCUT2D eigenvalue weighted by atomic mass is 9.97. The predicted octanol–water partition coefficient (Wildman–Crippen LogP) is 2.30. The molecule has 0 spiro atoms. The summed E-state index contributed by atoms with van der Waals surface area (Å²) in [7, 11) is 0. The quantitative estimate of drug-likeness (QED) is 0.564. The Morgan fingerprint density at radius 3 is 2.48 bits per heavy atom. The lowest BCUT2D eigenvalue weighted by Crippen LogP contribution is -2.40. The molecule has 0 aromatic rings. The number of hydrogen-bond acceptors (Lipinski definition) is 5. The molecule has 2 atom stereocenters. The van der Waals surface area contributed by atoms with Gasteiger partial charge in [0, 0.05) is 18.0 Å². The molecule has 1 aliphatic rings. The Balaban J connectivity index is 2.84. The summed E-state index contributed by atoms with van der Waals surface area (Å²) in [4.78, 5) is 35.9. The van der Waals surface area contributed by atoms with Crippen molar-refractivity contribution >= 4 is 18.0 Å². The number of carbonyl (C=O) groups is 3. The second-order valence-corrected chi connectivity index (χ2v) is 7.57. The fourth-order valence-corrected chi connectivity index (χ4v) is 2.48. The minimum atomic E-state index is -0.630. The summed E-state index contributed by atoms with van der Waals surface area (Å²) in [6, 6.07) is -0.497. The molecule has 142 valence electrons. The molecule has 2 N–H and O–H groups in total. The molecule has 1 fully saturated rings. The Kier molecular flexibility index (Phi) is 7.45. The molecule has 0 aromatic heterocycles. The lowest BCUT2D eigenvalue weighted by Gasteiger charge is -2.23. The highest BCUT2D eigenvalue weighted by molar-refractivity contribution is 5.88. The van der Waals surface area contributed by atoms with Crippen LogP contribution in [0.4, 0.5) is 4.79 Å². The lowest BCUT2D eigenvalue weighted by molar-refractivity contribution is -0.142. The smallest absolute Gasteiger partial charge is 0.408 e. The van der Waals surface area contributed by atoms with Crippen molar-refractivity contribution in [3.8, 4) is 0 Å². The van der Waals surface area contributed by atoms with E-state index in [-0.39, 0.29) is 17.9 Å². The fourth-order valence-electron chi connectivity index (χ4n) is 2.48. The molecule has 7 nitrogen and oxygen atoms in total. The highest BCUT2D eigenvalue weighted by Crippen LogP contribution is 2.18. The Morgan fingerprint density at radius 2 is 2.00 bits per heavy atom. The van der Waals surface area contributed by atoms with Gasteiger partial charge in [-0.3, -0.25) is 4.79 Å². The molecule has 1 heterocycles. The maximum atomic E-state index is 12.1. The average Bonchev–Trinajstić information content (AvgIpc) is 2.80. The van der Waals surface area contributed by atoms with Crippen LogP contribution in [0.25, 0.3) is 0 Å². The monoisotopic (exact) mass is 354 g/mol. The van der Waals surface area contributed by atoms with Gasteiger partial charge >= 0.3 is 12.1 Å². The zero-order chi connectivity index (χ0) is 19.2. The van der Waals surface area contributed by atoms with E-state index in [1.54, 1.807) is 47.6 Å². The number of alkyl carbamates (subject to hydrolysis) is 1. The molecular formula is C18H30N2O5. The minimum absolute atomic E-state index is 0.0354. The van der Waals surface area contributed by atoms with Crippen molar-refractivity contribution in [1.29, 1.82) is 0 Å². The van der Waals surface area contributed by atoms with Crippen LogP contribution in [0.2, 0.25) is 0 Å². The third kappa shape index (κ3) is 8.05. The molecule has 1 unspecified atom stereocenters. The van der Waals surface area contributed by atoms with Crippen LogP contribution in [-0.2, 0) is 19.1 Å². The molecule has 1 aliphatic heterocycles. The molecule has 1 rings (SSSR count). The van der Waals surface area contributed by atoms with Crippen molar-refractivity contribution in [2.45, 2.75) is 72.1 Å². The van der Waals surface area contributed by atoms with Crippen molar-refractivity contribution in [3.05, 3.63) is 11.6 Å². The molecule has 0 aromatic carbocycles. The number of carbonyl (C=O) groups excluding carboxylic acids is 3. The maximum Gasteiger partial charge on any atom is 0.408 e. The molecule has 2 amide bonds. The van der Waals surface area contributed by atoms with Gasteiger partial charge in [0.2, 0.25) is 5.91 Å². The summed E-state index contributed by atoms with van der Waals surface area (Å²) in [5.74, 6) is -0.682. The summed E-state index contributed by atoms with van der Waals surface area (Å²) in [5, 5.41) is 5.51. The molecule has 0 radical (unpaired) electrons. The first kappa shape index (κ1) is 21.0. The van der Waals surface area contributed by atoms with Crippen molar-refractivity contribution < 1.29 is 23.9 Å². The summed E-state index contributed by atoms with van der Waals surface area (Å²) in [5.41, 5.74) is -0.248. The molecule has 0 bridgehead atoms. The fraction of sp³-hybridized carbons (Fsp3) is 0.722. The normalized spacial score (nSPS) is 19.4. The van der Waals surface area contributed by atoms with E-state index in [1.807, 2.05) is 0 Å². The zero-order valence-corrected chi connectivity index (χ0v) is 16.0. The van der Waals surface area contributed by atoms with Crippen molar-refractivity contribution in [1.82, 2.24) is 10.6 Å². The Bertz CT molecular complexity index is 534. The molecule has 1 saturated heterocycles. The Labute approximate surface area is 149 Å². The van der Waals surface area contributed by atoms with E-state index < -0.39 is 23.7 Å². The van der Waals surface area contributed by atoms with Gasteiger partial charge in [-0.25, -0.2) is 9.59 Å². The van der Waals surface area contributed by atoms with E-state index in [2.05, 4.69) is 10.6 Å². The Hall–Kier alpha value is -2.05. The average molecular weight is 354 g/mol. The van der Waals surface area contributed by atoms with Crippen LogP contribution >= 0.6 is 0 Å². The second-order valence-electron chi connectivity index (χ2n) is 7.57. The van der Waals surface area contributed by atoms with Gasteiger partial charge in [0.1, 0.15) is 5.60 Å². The highest BCUT2D eigenvalue weighted by Gasteiger charge is 2.28. The summed E-state index contributed by atoms with van der Waals surface area (Å²) in [6.07, 6.45) is 1.91. The van der Waals surface area contributed by atoms with Gasteiger partial charge in [0.15, 0.2) is 0 Å². The van der Waals surface area contributed by atoms with Crippen LogP contribution in [0, 0.1) is 5.92 Å². The number of ether oxygens (including phenoxy) is 2. The Morgan fingerprint density at radius 1 is 1.36 bits per heavy atom. The maximum absolute atomic E-state index is 12.1. The van der Waals surface area contributed by atoms with Gasteiger partial charge in [-0.1, -0.05) is 6.08 Å². The van der Waals surface area contributed by atoms with Gasteiger partial charge in [-0.15, -0.1) is 0 Å². The van der Waals surface area contributed by atoms with E-state index in [9.17, 15) is 14.4 Å². The summed E-state index contributed by atoms with van der Waals surface area (Å²) < 4.78 is 10.4. The van der Waals surface area contributed by atoms with Crippen LogP contribution in [0.1, 0.15) is 54.4 Å². The van der Waals surface area contributed by atoms with Crippen molar-refractivity contribution in [2.75, 3.05) is 6.54 Å². The van der Waals surface area contributed by atoms with E-state index >= 15 is 0 Å². The summed E-state index contributed by atoms with van der Waals surface area (Å²) in [6.45, 7) is 11.1. The number of rotatable bonds is 6. The van der Waals surface area contributed by atoms with E-state index in [0.717, 1.165) is 0 Å². The van der Waals surface area contributed by atoms with Crippen molar-refractivity contribution in [2.24, 2.45) is 5.92 Å². The van der Waals surface area contributed by atoms with Gasteiger partial charge in [-0.2, -0.15) is 0 Å². The predicted molar refractivity (Wildman–Crippen MR) is 93.9 cm³/mol. The van der Waals surface area contributed by atoms with Crippen LogP contribution < -0.4 is 10.6 Å².